The molecule has 1 rings (SSSR count). The van der Waals surface area contributed by atoms with Gasteiger partial charge in [-0.05, 0) is 0 Å². The molecule has 1 heterocycles. The van der Waals surface area contributed by atoms with Gasteiger partial charge in [-0.25, -0.2) is 5.01 Å². The summed E-state index contributed by atoms with van der Waals surface area (Å²) in [4.78, 5) is 0. The Kier molecular flexibility index (Phi) is 2.57. The molecule has 0 atom stereocenters. The molecule has 0 amide bonds. The lowest BCUT2D eigenvalue weighted by molar-refractivity contribution is -0.163. The Bertz CT molecular complexity index is 301. The minimum Gasteiger partial charge on any atom is -0.383 e. The zero-order chi connectivity index (χ0) is 10.9. The molecule has 0 fully saturated rings. The van der Waals surface area contributed by atoms with Crippen molar-refractivity contribution in [2.24, 2.45) is 5.73 Å². The standard InChI is InChI=1S/C7H9F3N4/c1-13-3-5(2-11)6(12)14(13)4-7(8,9)10/h3-4,12H2,1H3. The fourth-order valence-electron chi connectivity index (χ4n) is 1.20. The summed E-state index contributed by atoms with van der Waals surface area (Å²) in [6.45, 7) is -1.04. The van der Waals surface area contributed by atoms with Crippen LogP contribution in [0.2, 0.25) is 0 Å². The summed E-state index contributed by atoms with van der Waals surface area (Å²) in [6, 6.07) is 1.76. The van der Waals surface area contributed by atoms with Crippen LogP contribution in [0.3, 0.4) is 0 Å². The number of rotatable bonds is 1. The maximum absolute atomic E-state index is 12.1. The van der Waals surface area contributed by atoms with E-state index in [1.807, 2.05) is 0 Å². The molecule has 1 aliphatic rings. The molecule has 0 bridgehead atoms. The molecular weight excluding hydrogens is 197 g/mol. The number of likely N-dealkylation sites (N-methyl/N-ethyl adjacent to an activating group) is 1. The highest BCUT2D eigenvalue weighted by molar-refractivity contribution is 5.29. The number of nitriles is 1. The highest BCUT2D eigenvalue weighted by Crippen LogP contribution is 2.23. The second kappa shape index (κ2) is 3.38. The van der Waals surface area contributed by atoms with E-state index in [2.05, 4.69) is 0 Å². The lowest BCUT2D eigenvalue weighted by Gasteiger charge is -2.27. The summed E-state index contributed by atoms with van der Waals surface area (Å²) in [5.74, 6) is -0.118. The Hall–Kier alpha value is -1.42. The zero-order valence-electron chi connectivity index (χ0n) is 7.47. The van der Waals surface area contributed by atoms with Gasteiger partial charge in [0.1, 0.15) is 12.4 Å². The summed E-state index contributed by atoms with van der Waals surface area (Å²) in [6.07, 6.45) is -4.33. The van der Waals surface area contributed by atoms with Crippen LogP contribution in [0.1, 0.15) is 0 Å². The van der Waals surface area contributed by atoms with E-state index >= 15 is 0 Å². The first kappa shape index (κ1) is 10.7. The third-order valence-electron chi connectivity index (χ3n) is 1.85. The molecule has 0 aromatic carbocycles. The molecule has 0 radical (unpaired) electrons. The first-order valence-electron chi connectivity index (χ1n) is 3.79. The van der Waals surface area contributed by atoms with E-state index in [0.29, 0.717) is 0 Å². The van der Waals surface area contributed by atoms with Gasteiger partial charge in [0.05, 0.1) is 18.2 Å². The van der Waals surface area contributed by atoms with Crippen molar-refractivity contribution in [1.82, 2.24) is 10.0 Å². The lowest BCUT2D eigenvalue weighted by Crippen LogP contribution is -2.42. The number of hydrogen-bond donors (Lipinski definition) is 1. The Morgan fingerprint density at radius 3 is 2.50 bits per heavy atom. The van der Waals surface area contributed by atoms with E-state index in [-0.39, 0.29) is 17.9 Å². The largest absolute Gasteiger partial charge is 0.407 e. The number of halogens is 3. The first-order valence-corrected chi connectivity index (χ1v) is 3.79. The second-order valence-corrected chi connectivity index (χ2v) is 2.96. The Balaban J connectivity index is 2.81. The third kappa shape index (κ3) is 2.09. The fraction of sp³-hybridized carbons (Fsp3) is 0.571. The van der Waals surface area contributed by atoms with Crippen LogP contribution in [-0.2, 0) is 0 Å². The Labute approximate surface area is 79.0 Å². The minimum atomic E-state index is -4.33. The number of nitrogens with zero attached hydrogens (tertiary/aromatic N) is 3. The average molecular weight is 206 g/mol. The smallest absolute Gasteiger partial charge is 0.383 e. The number of alkyl halides is 3. The summed E-state index contributed by atoms with van der Waals surface area (Å²) in [5.41, 5.74) is 5.54. The van der Waals surface area contributed by atoms with Crippen molar-refractivity contribution in [2.75, 3.05) is 20.1 Å². The number of nitrogens with two attached hydrogens (primary N) is 1. The van der Waals surface area contributed by atoms with Crippen molar-refractivity contribution in [3.63, 3.8) is 0 Å². The van der Waals surface area contributed by atoms with Crippen molar-refractivity contribution < 1.29 is 13.2 Å². The molecule has 1 aliphatic heterocycles. The molecule has 78 valence electrons. The van der Waals surface area contributed by atoms with Gasteiger partial charge in [0.15, 0.2) is 0 Å². The molecule has 0 saturated carbocycles. The van der Waals surface area contributed by atoms with E-state index in [0.717, 1.165) is 5.01 Å². The van der Waals surface area contributed by atoms with Gasteiger partial charge in [0, 0.05) is 7.05 Å². The first-order chi connectivity index (χ1) is 6.35. The number of hydrazine groups is 1. The van der Waals surface area contributed by atoms with E-state index in [9.17, 15) is 13.2 Å². The van der Waals surface area contributed by atoms with Crippen LogP contribution in [0, 0.1) is 11.3 Å². The maximum atomic E-state index is 12.1. The highest BCUT2D eigenvalue weighted by atomic mass is 19.4. The second-order valence-electron chi connectivity index (χ2n) is 2.96. The van der Waals surface area contributed by atoms with Crippen LogP contribution in [0.5, 0.6) is 0 Å². The van der Waals surface area contributed by atoms with Gasteiger partial charge in [0.2, 0.25) is 0 Å². The molecule has 7 heteroatoms. The van der Waals surface area contributed by atoms with Crippen LogP contribution in [0.25, 0.3) is 0 Å². The molecule has 0 spiro atoms. The summed E-state index contributed by atoms with van der Waals surface area (Å²) < 4.78 is 36.2. The van der Waals surface area contributed by atoms with Gasteiger partial charge < -0.3 is 5.73 Å². The predicted molar refractivity (Wildman–Crippen MR) is 42.2 cm³/mol. The van der Waals surface area contributed by atoms with Crippen molar-refractivity contribution in [3.8, 4) is 6.07 Å². The normalized spacial score (nSPS) is 18.9. The number of hydrogen-bond acceptors (Lipinski definition) is 4. The van der Waals surface area contributed by atoms with Crippen LogP contribution >= 0.6 is 0 Å². The van der Waals surface area contributed by atoms with Gasteiger partial charge in [0.25, 0.3) is 0 Å². The molecular formula is C7H9F3N4. The van der Waals surface area contributed by atoms with Gasteiger partial charge in [-0.15, -0.1) is 0 Å². The zero-order valence-corrected chi connectivity index (χ0v) is 7.47. The fourth-order valence-corrected chi connectivity index (χ4v) is 1.20. The molecule has 14 heavy (non-hydrogen) atoms. The molecule has 0 aliphatic carbocycles. The average Bonchev–Trinajstić information content (AvgIpc) is 2.29. The van der Waals surface area contributed by atoms with E-state index in [4.69, 9.17) is 11.0 Å². The van der Waals surface area contributed by atoms with E-state index in [1.165, 1.54) is 12.1 Å². The molecule has 0 aromatic rings. The predicted octanol–water partition coefficient (Wildman–Crippen LogP) is 0.405. The van der Waals surface area contributed by atoms with Crippen LogP contribution in [-0.4, -0.2) is 36.3 Å². The summed E-state index contributed by atoms with van der Waals surface area (Å²) >= 11 is 0. The molecule has 4 nitrogen and oxygen atoms in total. The Morgan fingerprint density at radius 1 is 1.57 bits per heavy atom. The third-order valence-corrected chi connectivity index (χ3v) is 1.85. The lowest BCUT2D eigenvalue weighted by atomic mass is 10.3. The molecule has 0 aromatic heterocycles. The van der Waals surface area contributed by atoms with Gasteiger partial charge in [-0.2, -0.15) is 18.4 Å². The summed E-state index contributed by atoms with van der Waals surface area (Å²) in [7, 11) is 1.45. The van der Waals surface area contributed by atoms with Crippen molar-refractivity contribution in [3.05, 3.63) is 11.4 Å². The molecule has 0 unspecified atom stereocenters. The van der Waals surface area contributed by atoms with E-state index in [1.54, 1.807) is 6.07 Å². The van der Waals surface area contributed by atoms with E-state index < -0.39 is 12.7 Å². The summed E-state index contributed by atoms with van der Waals surface area (Å²) in [5, 5.41) is 10.7. The van der Waals surface area contributed by atoms with Crippen LogP contribution in [0.15, 0.2) is 11.4 Å². The highest BCUT2D eigenvalue weighted by Gasteiger charge is 2.36. The van der Waals surface area contributed by atoms with Gasteiger partial charge in [-0.3, -0.25) is 5.01 Å². The SMILES string of the molecule is CN1CC(C#N)=C(N)N1CC(F)(F)F. The maximum Gasteiger partial charge on any atom is 0.407 e. The van der Waals surface area contributed by atoms with Crippen LogP contribution in [0.4, 0.5) is 13.2 Å². The van der Waals surface area contributed by atoms with Crippen LogP contribution < -0.4 is 5.73 Å². The van der Waals surface area contributed by atoms with Crippen molar-refractivity contribution >= 4 is 0 Å². The van der Waals surface area contributed by atoms with Crippen molar-refractivity contribution in [2.45, 2.75) is 6.18 Å². The monoisotopic (exact) mass is 206 g/mol. The Morgan fingerprint density at radius 2 is 2.14 bits per heavy atom. The van der Waals surface area contributed by atoms with Gasteiger partial charge >= 0.3 is 6.18 Å². The van der Waals surface area contributed by atoms with Crippen molar-refractivity contribution in [1.29, 1.82) is 5.26 Å². The molecule has 2 N–H and O–H groups in total. The quantitative estimate of drug-likeness (QED) is 0.674. The van der Waals surface area contributed by atoms with Gasteiger partial charge in [-0.1, -0.05) is 0 Å². The minimum absolute atomic E-state index is 0.118. The topological polar surface area (TPSA) is 56.3 Å². The molecule has 0 saturated heterocycles.